The van der Waals surface area contributed by atoms with Crippen LogP contribution in [0.3, 0.4) is 0 Å². The molecule has 0 spiro atoms. The minimum atomic E-state index is -0.584. The van der Waals surface area contributed by atoms with Crippen LogP contribution in [-0.4, -0.2) is 130 Å². The molecule has 0 aliphatic heterocycles. The van der Waals surface area contributed by atoms with E-state index in [0.29, 0.717) is 126 Å². The molecule has 0 amide bonds. The molecule has 15 nitrogen and oxygen atoms in total. The molecule has 0 bridgehead atoms. The van der Waals surface area contributed by atoms with Crippen LogP contribution >= 0.6 is 0 Å². The van der Waals surface area contributed by atoms with Crippen molar-refractivity contribution < 1.29 is 73.0 Å². The molecule has 5 N–H and O–H groups in total. The van der Waals surface area contributed by atoms with E-state index >= 15 is 0 Å². The van der Waals surface area contributed by atoms with Gasteiger partial charge in [-0.15, -0.1) is 0 Å². The highest BCUT2D eigenvalue weighted by atomic mass is 16.7. The van der Waals surface area contributed by atoms with E-state index in [2.05, 4.69) is 62.3 Å². The molecule has 29 unspecified atom stereocenters. The third-order valence-corrected chi connectivity index (χ3v) is 31.9. The van der Waals surface area contributed by atoms with Crippen LogP contribution in [0.4, 0.5) is 9.59 Å². The number of aliphatic hydroxyl groups is 5. The maximum absolute atomic E-state index is 12.7. The Morgan fingerprint density at radius 1 is 0.327 bits per heavy atom. The summed E-state index contributed by atoms with van der Waals surface area (Å²) in [6.45, 7) is 40.4. The fourth-order valence-electron chi connectivity index (χ4n) is 25.1. The van der Waals surface area contributed by atoms with E-state index in [4.69, 9.17) is 37.9 Å². The first-order valence-corrected chi connectivity index (χ1v) is 45.4. The van der Waals surface area contributed by atoms with Crippen molar-refractivity contribution >= 4 is 12.3 Å². The van der Waals surface area contributed by atoms with Crippen molar-refractivity contribution in [3.8, 4) is 0 Å². The van der Waals surface area contributed by atoms with Gasteiger partial charge in [-0.25, -0.2) is 9.59 Å². The summed E-state index contributed by atoms with van der Waals surface area (Å²) >= 11 is 0. The van der Waals surface area contributed by atoms with E-state index in [-0.39, 0.29) is 97.1 Å². The molecule has 0 aromatic carbocycles. The van der Waals surface area contributed by atoms with Gasteiger partial charge in [-0.05, 0) is 417 Å². The fraction of sp³-hybridized carbons (Fsp3) is 0.978. The lowest BCUT2D eigenvalue weighted by molar-refractivity contribution is -0.189. The van der Waals surface area contributed by atoms with Crippen molar-refractivity contribution in [1.29, 1.82) is 0 Å². The van der Waals surface area contributed by atoms with Gasteiger partial charge in [0.25, 0.3) is 0 Å². The predicted molar refractivity (Wildman–Crippen MR) is 426 cm³/mol. The highest BCUT2D eigenvalue weighted by Gasteiger charge is 2.50. The zero-order valence-electron chi connectivity index (χ0n) is 71.3. The molecule has 0 heterocycles. The quantitative estimate of drug-likeness (QED) is 0.0335. The molecule has 9 rings (SSSR count). The molecule has 9 fully saturated rings. The summed E-state index contributed by atoms with van der Waals surface area (Å²) < 4.78 is 47.8. The van der Waals surface area contributed by atoms with Crippen LogP contribution in [0.25, 0.3) is 0 Å². The molecule has 9 aliphatic rings. The van der Waals surface area contributed by atoms with Crippen LogP contribution in [0.5, 0.6) is 0 Å². The van der Waals surface area contributed by atoms with Gasteiger partial charge in [0.15, 0.2) is 12.6 Å². The Kier molecular flexibility index (Phi) is 34.3. The first-order valence-electron chi connectivity index (χ1n) is 45.4. The second kappa shape index (κ2) is 41.1. The summed E-state index contributed by atoms with van der Waals surface area (Å²) in [5.74, 6) is 10.2. The normalized spacial score (nSPS) is 39.7. The lowest BCUT2D eigenvalue weighted by atomic mass is 9.58. The summed E-state index contributed by atoms with van der Waals surface area (Å²) in [6.07, 6.45) is 30.4. The van der Waals surface area contributed by atoms with Gasteiger partial charge in [-0.1, -0.05) is 61.8 Å². The van der Waals surface area contributed by atoms with Gasteiger partial charge >= 0.3 is 12.3 Å². The van der Waals surface area contributed by atoms with E-state index in [1.54, 1.807) is 0 Å². The summed E-state index contributed by atoms with van der Waals surface area (Å²) in [6, 6.07) is 0. The standard InChI is InChI=1S/C92H164O15/c1-19-63(72-32-44-87(97)81(53-72)59(9)70-31-43-85(95)79(51-70)58(8)68-29-41-84(94)78(49-68)55(5)64-22-34-75(35-23-64)104-89(98)106-91(13,14)15)47-73(66-26-38-74(39-27-66)102-61(11)100-20-2)46-54(4)67-28-40-83(93)77(48-67)57(7)69-30-42-86(96)80(50-69)60(10)71-33-45-88(103-62(12)101-21-3)82(52-71)56(6)65-24-36-76(37-25-65)105-90(99)107-92(16,17)18/h54-88,93-97H,19-53H2,1-18H3. The van der Waals surface area contributed by atoms with E-state index < -0.39 is 23.5 Å². The average Bonchev–Trinajstić information content (AvgIpc) is 1.18. The van der Waals surface area contributed by atoms with Crippen molar-refractivity contribution in [2.24, 2.45) is 142 Å². The maximum Gasteiger partial charge on any atom is 0.509 e. The predicted octanol–water partition coefficient (Wildman–Crippen LogP) is 20.9. The van der Waals surface area contributed by atoms with Crippen LogP contribution in [-0.2, 0) is 37.9 Å². The number of rotatable bonds is 30. The van der Waals surface area contributed by atoms with Gasteiger partial charge in [0.2, 0.25) is 0 Å². The Labute approximate surface area is 652 Å². The zero-order chi connectivity index (χ0) is 77.8. The Morgan fingerprint density at radius 2 is 0.626 bits per heavy atom. The first-order chi connectivity index (χ1) is 50.7. The molecule has 0 aromatic rings. The van der Waals surface area contributed by atoms with Crippen molar-refractivity contribution in [3.05, 3.63) is 0 Å². The molecule has 9 saturated carbocycles. The van der Waals surface area contributed by atoms with Gasteiger partial charge < -0.3 is 63.4 Å². The van der Waals surface area contributed by atoms with Crippen molar-refractivity contribution in [3.63, 3.8) is 0 Å². The van der Waals surface area contributed by atoms with Crippen molar-refractivity contribution in [1.82, 2.24) is 0 Å². The molecule has 0 radical (unpaired) electrons. The SMILES string of the molecule is CCOC(C)OC1CCC(C(CC(C)C2CCC(O)C(C(C)C3CCC(O)C(C(C)C4CCC(OC(C)OCC)C(C(C)C5CCC(OC(=O)OC(C)(C)C)CC5)C4)C3)C2)CC(CC)C2CCC(O)C(C(C)C3CCC(O)C(C(C)C4CCC(O)C(C(C)C5CCC(OC(=O)OC(C)(C)C)CC5)C4)C3)C2)CC1. The fourth-order valence-corrected chi connectivity index (χ4v) is 25.1. The monoisotopic (exact) mass is 1510 g/mol. The van der Waals surface area contributed by atoms with Crippen molar-refractivity contribution in [2.45, 2.75) is 415 Å². The van der Waals surface area contributed by atoms with Crippen LogP contribution in [0.15, 0.2) is 0 Å². The largest absolute Gasteiger partial charge is 0.509 e. The number of ether oxygens (including phenoxy) is 8. The summed E-state index contributed by atoms with van der Waals surface area (Å²) in [5.41, 5.74) is -1.17. The Balaban J connectivity index is 0.816. The van der Waals surface area contributed by atoms with Gasteiger partial charge in [0.1, 0.15) is 23.4 Å². The molecule has 0 aromatic heterocycles. The van der Waals surface area contributed by atoms with Crippen molar-refractivity contribution in [2.75, 3.05) is 13.2 Å². The van der Waals surface area contributed by atoms with Crippen LogP contribution in [0, 0.1) is 142 Å². The average molecular weight is 1510 g/mol. The van der Waals surface area contributed by atoms with Crippen LogP contribution in [0.1, 0.15) is 337 Å². The summed E-state index contributed by atoms with van der Waals surface area (Å²) in [4.78, 5) is 25.2. The summed E-state index contributed by atoms with van der Waals surface area (Å²) in [7, 11) is 0. The van der Waals surface area contributed by atoms with E-state index in [1.807, 2.05) is 62.3 Å². The lowest BCUT2D eigenvalue weighted by Gasteiger charge is -2.49. The third-order valence-electron chi connectivity index (χ3n) is 31.9. The van der Waals surface area contributed by atoms with Gasteiger partial charge in [-0.3, -0.25) is 0 Å². The van der Waals surface area contributed by atoms with E-state index in [9.17, 15) is 35.1 Å². The number of carbonyl (C=O) groups excluding carboxylic acids is 2. The third kappa shape index (κ3) is 25.1. The minimum Gasteiger partial charge on any atom is -0.431 e. The second-order valence-electron chi connectivity index (χ2n) is 40.4. The Morgan fingerprint density at radius 3 is 1.01 bits per heavy atom. The van der Waals surface area contributed by atoms with Gasteiger partial charge in [0.05, 0.1) is 42.7 Å². The number of hydrogen-bond donors (Lipinski definition) is 5. The number of aliphatic hydroxyl groups excluding tert-OH is 5. The first kappa shape index (κ1) is 89.1. The molecule has 0 saturated heterocycles. The van der Waals surface area contributed by atoms with Gasteiger partial charge in [0, 0.05) is 13.2 Å². The highest BCUT2D eigenvalue weighted by molar-refractivity contribution is 5.61. The Hall–Kier alpha value is -1.82. The number of hydrogen-bond acceptors (Lipinski definition) is 15. The maximum atomic E-state index is 12.7. The van der Waals surface area contributed by atoms with E-state index in [1.165, 1.54) is 25.7 Å². The molecule has 107 heavy (non-hydrogen) atoms. The molecule has 15 heteroatoms. The smallest absolute Gasteiger partial charge is 0.431 e. The lowest BCUT2D eigenvalue weighted by Crippen LogP contribution is -2.45. The minimum absolute atomic E-state index is 0.112. The van der Waals surface area contributed by atoms with Crippen LogP contribution < -0.4 is 0 Å². The summed E-state index contributed by atoms with van der Waals surface area (Å²) in [5, 5.41) is 60.1. The molecule has 29 atom stereocenters. The zero-order valence-corrected chi connectivity index (χ0v) is 71.3. The van der Waals surface area contributed by atoms with E-state index in [0.717, 1.165) is 186 Å². The molecular formula is C92H164O15. The highest BCUT2D eigenvalue weighted by Crippen LogP contribution is 2.55. The molecule has 622 valence electrons. The van der Waals surface area contributed by atoms with Gasteiger partial charge in [-0.2, -0.15) is 0 Å². The molecule has 9 aliphatic carbocycles. The van der Waals surface area contributed by atoms with Crippen LogP contribution in [0.2, 0.25) is 0 Å². The second-order valence-corrected chi connectivity index (χ2v) is 40.4. The Bertz CT molecular complexity index is 2570. The number of carbonyl (C=O) groups is 2. The topological polar surface area (TPSA) is 209 Å². The molecular weight excluding hydrogens is 1340 g/mol.